The Morgan fingerprint density at radius 2 is 1.73 bits per heavy atom. The Morgan fingerprint density at radius 3 is 2.20 bits per heavy atom. The summed E-state index contributed by atoms with van der Waals surface area (Å²) in [6, 6.07) is 4.82. The first-order chi connectivity index (χ1) is 6.92. The summed E-state index contributed by atoms with van der Waals surface area (Å²) in [7, 11) is 0. The molecule has 1 rings (SSSR count). The lowest BCUT2D eigenvalue weighted by molar-refractivity contribution is -0.148. The average molecular weight is 224 g/mol. The summed E-state index contributed by atoms with van der Waals surface area (Å²) in [5, 5.41) is 8.85. The van der Waals surface area contributed by atoms with Crippen molar-refractivity contribution >= 4 is 0 Å². The number of halogens is 4. The number of aromatic hydroxyl groups is 1. The molecule has 0 aliphatic rings. The molecule has 15 heavy (non-hydrogen) atoms. The van der Waals surface area contributed by atoms with Gasteiger partial charge in [0.25, 0.3) is 0 Å². The largest absolute Gasteiger partial charge is 0.508 e. The summed E-state index contributed by atoms with van der Waals surface area (Å²) >= 11 is 0. The molecule has 0 aliphatic heterocycles. The van der Waals surface area contributed by atoms with Crippen molar-refractivity contribution in [3.63, 3.8) is 0 Å². The Kier molecular flexibility index (Phi) is 3.39. The highest BCUT2D eigenvalue weighted by atomic mass is 19.3. The second-order valence-electron chi connectivity index (χ2n) is 2.84. The van der Waals surface area contributed by atoms with Gasteiger partial charge in [0, 0.05) is 0 Å². The molecule has 0 unspecified atom stereocenters. The van der Waals surface area contributed by atoms with Gasteiger partial charge in [-0.05, 0) is 24.3 Å². The van der Waals surface area contributed by atoms with Gasteiger partial charge in [0.1, 0.15) is 11.5 Å². The molecular weight excluding hydrogens is 216 g/mol. The quantitative estimate of drug-likeness (QED) is 0.796. The SMILES string of the molecule is Oc1ccc(OCC(F)(F)C(F)F)cc1. The van der Waals surface area contributed by atoms with Gasteiger partial charge >= 0.3 is 12.3 Å². The van der Waals surface area contributed by atoms with E-state index in [-0.39, 0.29) is 11.5 Å². The van der Waals surface area contributed by atoms with E-state index in [1.54, 1.807) is 0 Å². The van der Waals surface area contributed by atoms with Crippen LogP contribution in [-0.4, -0.2) is 24.1 Å². The van der Waals surface area contributed by atoms with E-state index in [0.29, 0.717) is 0 Å². The van der Waals surface area contributed by atoms with Crippen LogP contribution >= 0.6 is 0 Å². The van der Waals surface area contributed by atoms with Crippen molar-refractivity contribution in [2.24, 2.45) is 0 Å². The van der Waals surface area contributed by atoms with Gasteiger partial charge in [-0.1, -0.05) is 0 Å². The zero-order valence-corrected chi connectivity index (χ0v) is 7.46. The fourth-order valence-corrected chi connectivity index (χ4v) is 0.785. The first-order valence-corrected chi connectivity index (χ1v) is 3.99. The van der Waals surface area contributed by atoms with Crippen molar-refractivity contribution in [1.82, 2.24) is 0 Å². The Labute approximate surface area is 83.1 Å². The maximum absolute atomic E-state index is 12.4. The highest BCUT2D eigenvalue weighted by Gasteiger charge is 2.41. The van der Waals surface area contributed by atoms with Crippen LogP contribution in [0.25, 0.3) is 0 Å². The summed E-state index contributed by atoms with van der Waals surface area (Å²) in [6.45, 7) is -1.39. The van der Waals surface area contributed by atoms with Gasteiger partial charge in [-0.15, -0.1) is 0 Å². The van der Waals surface area contributed by atoms with Crippen molar-refractivity contribution in [1.29, 1.82) is 0 Å². The van der Waals surface area contributed by atoms with Crippen LogP contribution in [0.1, 0.15) is 0 Å². The molecule has 1 N–H and O–H groups in total. The zero-order chi connectivity index (χ0) is 11.5. The molecule has 0 radical (unpaired) electrons. The van der Waals surface area contributed by atoms with Crippen molar-refractivity contribution in [3.05, 3.63) is 24.3 Å². The predicted octanol–water partition coefficient (Wildman–Crippen LogP) is 2.67. The van der Waals surface area contributed by atoms with E-state index in [4.69, 9.17) is 5.11 Å². The second-order valence-corrected chi connectivity index (χ2v) is 2.84. The number of ether oxygens (including phenoxy) is 1. The van der Waals surface area contributed by atoms with Crippen molar-refractivity contribution in [3.8, 4) is 11.5 Å². The van der Waals surface area contributed by atoms with Gasteiger partial charge in [0.15, 0.2) is 6.61 Å². The van der Waals surface area contributed by atoms with Crippen LogP contribution in [0.5, 0.6) is 11.5 Å². The van der Waals surface area contributed by atoms with E-state index in [2.05, 4.69) is 4.74 Å². The highest BCUT2D eigenvalue weighted by molar-refractivity contribution is 5.30. The lowest BCUT2D eigenvalue weighted by Crippen LogP contribution is -2.33. The minimum absolute atomic E-state index is 0.00637. The average Bonchev–Trinajstić information content (AvgIpc) is 2.17. The summed E-state index contributed by atoms with van der Waals surface area (Å²) in [5.41, 5.74) is 0. The first kappa shape index (κ1) is 11.6. The van der Waals surface area contributed by atoms with E-state index >= 15 is 0 Å². The van der Waals surface area contributed by atoms with Gasteiger partial charge in [0.05, 0.1) is 0 Å². The highest BCUT2D eigenvalue weighted by Crippen LogP contribution is 2.24. The third-order valence-corrected chi connectivity index (χ3v) is 1.59. The fourth-order valence-electron chi connectivity index (χ4n) is 0.785. The fraction of sp³-hybridized carbons (Fsp3) is 0.333. The Hall–Kier alpha value is -1.46. The van der Waals surface area contributed by atoms with E-state index in [1.807, 2.05) is 0 Å². The third-order valence-electron chi connectivity index (χ3n) is 1.59. The molecule has 0 saturated carbocycles. The molecule has 0 heterocycles. The standard InChI is InChI=1S/C9H8F4O2/c10-8(11)9(12,13)5-15-7-3-1-6(14)2-4-7/h1-4,8,14H,5H2. The van der Waals surface area contributed by atoms with Crippen molar-refractivity contribution in [2.45, 2.75) is 12.3 Å². The summed E-state index contributed by atoms with van der Waals surface area (Å²) < 4.78 is 52.6. The molecule has 0 saturated heterocycles. The molecular formula is C9H8F4O2. The summed E-state index contributed by atoms with van der Waals surface area (Å²) in [6.07, 6.45) is -3.75. The van der Waals surface area contributed by atoms with Crippen molar-refractivity contribution in [2.75, 3.05) is 6.61 Å². The van der Waals surface area contributed by atoms with Crippen LogP contribution in [0.2, 0.25) is 0 Å². The molecule has 84 valence electrons. The molecule has 0 atom stereocenters. The van der Waals surface area contributed by atoms with Gasteiger partial charge in [-0.2, -0.15) is 8.78 Å². The molecule has 0 bridgehead atoms. The number of phenols is 1. The lowest BCUT2D eigenvalue weighted by Gasteiger charge is -2.15. The van der Waals surface area contributed by atoms with Gasteiger partial charge < -0.3 is 9.84 Å². The van der Waals surface area contributed by atoms with Gasteiger partial charge in [-0.3, -0.25) is 0 Å². The summed E-state index contributed by atoms with van der Waals surface area (Å²) in [4.78, 5) is 0. The molecule has 0 spiro atoms. The molecule has 0 amide bonds. The van der Waals surface area contributed by atoms with E-state index in [1.165, 1.54) is 24.3 Å². The van der Waals surface area contributed by atoms with Gasteiger partial charge in [0.2, 0.25) is 0 Å². The molecule has 0 aliphatic carbocycles. The second kappa shape index (κ2) is 4.37. The molecule has 0 fully saturated rings. The number of phenolic OH excluding ortho intramolecular Hbond substituents is 1. The third kappa shape index (κ3) is 3.30. The minimum Gasteiger partial charge on any atom is -0.508 e. The van der Waals surface area contributed by atoms with Crippen LogP contribution in [0, 0.1) is 0 Å². The van der Waals surface area contributed by atoms with Crippen LogP contribution < -0.4 is 4.74 Å². The normalized spacial score (nSPS) is 11.8. The molecule has 6 heteroatoms. The first-order valence-electron chi connectivity index (χ1n) is 3.99. The van der Waals surface area contributed by atoms with Crippen LogP contribution in [0.3, 0.4) is 0 Å². The molecule has 2 nitrogen and oxygen atoms in total. The van der Waals surface area contributed by atoms with E-state index in [9.17, 15) is 17.6 Å². The molecule has 1 aromatic rings. The molecule has 0 aromatic heterocycles. The monoisotopic (exact) mass is 224 g/mol. The number of benzene rings is 1. The number of rotatable bonds is 4. The van der Waals surface area contributed by atoms with Crippen LogP contribution in [0.15, 0.2) is 24.3 Å². The maximum Gasteiger partial charge on any atom is 0.340 e. The maximum atomic E-state index is 12.4. The van der Waals surface area contributed by atoms with Crippen molar-refractivity contribution < 1.29 is 27.4 Å². The summed E-state index contributed by atoms with van der Waals surface area (Å²) in [5.74, 6) is -4.24. The number of alkyl halides is 4. The Balaban J connectivity index is 2.54. The Morgan fingerprint density at radius 1 is 1.20 bits per heavy atom. The number of hydrogen-bond donors (Lipinski definition) is 1. The smallest absolute Gasteiger partial charge is 0.340 e. The van der Waals surface area contributed by atoms with Gasteiger partial charge in [-0.25, -0.2) is 8.78 Å². The lowest BCUT2D eigenvalue weighted by atomic mass is 10.3. The molecule has 1 aromatic carbocycles. The van der Waals surface area contributed by atoms with E-state index < -0.39 is 19.0 Å². The zero-order valence-electron chi connectivity index (χ0n) is 7.46. The number of hydrogen-bond acceptors (Lipinski definition) is 2. The van der Waals surface area contributed by atoms with Crippen LogP contribution in [0.4, 0.5) is 17.6 Å². The van der Waals surface area contributed by atoms with Crippen LogP contribution in [-0.2, 0) is 0 Å². The minimum atomic E-state index is -4.17. The predicted molar refractivity (Wildman–Crippen MR) is 44.6 cm³/mol. The Bertz CT molecular complexity index is 310. The van der Waals surface area contributed by atoms with E-state index in [0.717, 1.165) is 0 Å². The topological polar surface area (TPSA) is 29.5 Å².